The third-order valence-corrected chi connectivity index (χ3v) is 3.05. The van der Waals surface area contributed by atoms with Crippen LogP contribution in [0.3, 0.4) is 0 Å². The summed E-state index contributed by atoms with van der Waals surface area (Å²) in [6.07, 6.45) is 4.11. The van der Waals surface area contributed by atoms with Gasteiger partial charge in [-0.15, -0.1) is 6.58 Å². The molecule has 0 aliphatic heterocycles. The lowest BCUT2D eigenvalue weighted by atomic mass is 10.1. The molecule has 0 aliphatic rings. The van der Waals surface area contributed by atoms with Crippen molar-refractivity contribution in [3.63, 3.8) is 0 Å². The van der Waals surface area contributed by atoms with Crippen molar-refractivity contribution in [2.75, 3.05) is 0 Å². The van der Waals surface area contributed by atoms with Crippen LogP contribution >= 0.6 is 11.6 Å². The molecule has 0 radical (unpaired) electrons. The number of allylic oxidation sites excluding steroid dienone is 1. The molecule has 2 heteroatoms. The summed E-state index contributed by atoms with van der Waals surface area (Å²) in [5, 5.41) is 4.37. The maximum Gasteiger partial charge on any atom is 0.0453 e. The molecule has 2 atom stereocenters. The number of rotatable bonds is 6. The van der Waals surface area contributed by atoms with Crippen molar-refractivity contribution in [3.05, 3.63) is 47.5 Å². The van der Waals surface area contributed by atoms with Gasteiger partial charge in [-0.3, -0.25) is 0 Å². The second-order valence-corrected chi connectivity index (χ2v) is 4.58. The second-order valence-electron chi connectivity index (χ2n) is 4.18. The van der Waals surface area contributed by atoms with E-state index in [1.165, 1.54) is 0 Å². The van der Waals surface area contributed by atoms with E-state index >= 15 is 0 Å². The van der Waals surface area contributed by atoms with Crippen molar-refractivity contribution in [1.29, 1.82) is 0 Å². The van der Waals surface area contributed by atoms with Crippen LogP contribution in [0.4, 0.5) is 0 Å². The van der Waals surface area contributed by atoms with Gasteiger partial charge in [0.25, 0.3) is 0 Å². The molecule has 16 heavy (non-hydrogen) atoms. The zero-order valence-electron chi connectivity index (χ0n) is 10.0. The molecule has 0 aliphatic carbocycles. The maximum absolute atomic E-state index is 6.15. The summed E-state index contributed by atoms with van der Waals surface area (Å²) in [6, 6.07) is 8.75. The van der Waals surface area contributed by atoms with E-state index in [1.54, 1.807) is 0 Å². The number of nitrogens with one attached hydrogen (secondary N) is 1. The SMILES string of the molecule is C=CCCC(C)N[C@@H](C)c1ccccc1Cl. The highest BCUT2D eigenvalue weighted by molar-refractivity contribution is 6.31. The Morgan fingerprint density at radius 3 is 2.69 bits per heavy atom. The molecular formula is C14H20ClN. The molecule has 1 unspecified atom stereocenters. The van der Waals surface area contributed by atoms with Gasteiger partial charge in [-0.25, -0.2) is 0 Å². The fourth-order valence-electron chi connectivity index (χ4n) is 1.79. The third-order valence-electron chi connectivity index (χ3n) is 2.71. The van der Waals surface area contributed by atoms with Crippen LogP contribution in [0.1, 0.15) is 38.3 Å². The molecule has 0 fully saturated rings. The van der Waals surface area contributed by atoms with E-state index in [-0.39, 0.29) is 6.04 Å². The minimum Gasteiger partial charge on any atom is -0.308 e. The lowest BCUT2D eigenvalue weighted by Crippen LogP contribution is -2.28. The number of hydrogen-bond donors (Lipinski definition) is 1. The fraction of sp³-hybridized carbons (Fsp3) is 0.429. The molecule has 1 nitrogen and oxygen atoms in total. The molecular weight excluding hydrogens is 218 g/mol. The molecule has 0 aromatic heterocycles. The molecule has 1 aromatic rings. The largest absolute Gasteiger partial charge is 0.308 e. The Hall–Kier alpha value is -0.790. The van der Waals surface area contributed by atoms with Crippen LogP contribution in [0.25, 0.3) is 0 Å². The van der Waals surface area contributed by atoms with Gasteiger partial charge < -0.3 is 5.32 Å². The lowest BCUT2D eigenvalue weighted by molar-refractivity contribution is 0.459. The summed E-state index contributed by atoms with van der Waals surface area (Å²) >= 11 is 6.15. The Morgan fingerprint density at radius 1 is 1.38 bits per heavy atom. The van der Waals surface area contributed by atoms with Gasteiger partial charge in [0.2, 0.25) is 0 Å². The molecule has 0 saturated heterocycles. The predicted molar refractivity (Wildman–Crippen MR) is 71.9 cm³/mol. The summed E-state index contributed by atoms with van der Waals surface area (Å²) in [6.45, 7) is 8.07. The Bertz CT molecular complexity index is 335. The molecule has 0 heterocycles. The van der Waals surface area contributed by atoms with Gasteiger partial charge in [0.15, 0.2) is 0 Å². The molecule has 88 valence electrons. The molecule has 0 spiro atoms. The topological polar surface area (TPSA) is 12.0 Å². The normalized spacial score (nSPS) is 14.4. The predicted octanol–water partition coefficient (Wildman–Crippen LogP) is 4.35. The summed E-state index contributed by atoms with van der Waals surface area (Å²) in [7, 11) is 0. The van der Waals surface area contributed by atoms with Gasteiger partial charge in [0.1, 0.15) is 0 Å². The van der Waals surface area contributed by atoms with Gasteiger partial charge in [-0.1, -0.05) is 35.9 Å². The first-order chi connectivity index (χ1) is 7.65. The minimum atomic E-state index is 0.286. The summed E-state index contributed by atoms with van der Waals surface area (Å²) in [5.41, 5.74) is 1.16. The average molecular weight is 238 g/mol. The highest BCUT2D eigenvalue weighted by Gasteiger charge is 2.11. The monoisotopic (exact) mass is 237 g/mol. The fourth-order valence-corrected chi connectivity index (χ4v) is 2.09. The van der Waals surface area contributed by atoms with Gasteiger partial charge in [0.05, 0.1) is 0 Å². The van der Waals surface area contributed by atoms with Crippen LogP contribution in [0, 0.1) is 0 Å². The van der Waals surface area contributed by atoms with E-state index in [0.717, 1.165) is 23.4 Å². The molecule has 0 saturated carbocycles. The Kier molecular flexibility index (Phi) is 5.58. The van der Waals surface area contributed by atoms with Crippen molar-refractivity contribution in [2.24, 2.45) is 0 Å². The van der Waals surface area contributed by atoms with Crippen LogP contribution in [-0.4, -0.2) is 6.04 Å². The Balaban J connectivity index is 2.55. The molecule has 0 bridgehead atoms. The Labute approximate surface area is 104 Å². The van der Waals surface area contributed by atoms with Crippen LogP contribution in [0.5, 0.6) is 0 Å². The van der Waals surface area contributed by atoms with Gasteiger partial charge in [0, 0.05) is 17.1 Å². The number of benzene rings is 1. The van der Waals surface area contributed by atoms with Crippen molar-refractivity contribution in [2.45, 2.75) is 38.8 Å². The van der Waals surface area contributed by atoms with Crippen LogP contribution in [0.15, 0.2) is 36.9 Å². The zero-order chi connectivity index (χ0) is 12.0. The van der Waals surface area contributed by atoms with Crippen molar-refractivity contribution in [1.82, 2.24) is 5.32 Å². The number of hydrogen-bond acceptors (Lipinski definition) is 1. The van der Waals surface area contributed by atoms with Crippen LogP contribution < -0.4 is 5.32 Å². The van der Waals surface area contributed by atoms with E-state index in [4.69, 9.17) is 11.6 Å². The molecule has 1 N–H and O–H groups in total. The Morgan fingerprint density at radius 2 is 2.06 bits per heavy atom. The molecule has 1 rings (SSSR count). The molecule has 0 amide bonds. The van der Waals surface area contributed by atoms with E-state index in [9.17, 15) is 0 Å². The minimum absolute atomic E-state index is 0.286. The highest BCUT2D eigenvalue weighted by atomic mass is 35.5. The van der Waals surface area contributed by atoms with Crippen molar-refractivity contribution < 1.29 is 0 Å². The smallest absolute Gasteiger partial charge is 0.0453 e. The van der Waals surface area contributed by atoms with Crippen molar-refractivity contribution >= 4 is 11.6 Å². The third kappa shape index (κ3) is 3.99. The summed E-state index contributed by atoms with van der Waals surface area (Å²) in [5.74, 6) is 0. The van der Waals surface area contributed by atoms with Gasteiger partial charge in [-0.2, -0.15) is 0 Å². The summed E-state index contributed by atoms with van der Waals surface area (Å²) in [4.78, 5) is 0. The highest BCUT2D eigenvalue weighted by Crippen LogP contribution is 2.22. The quantitative estimate of drug-likeness (QED) is 0.726. The first-order valence-electron chi connectivity index (χ1n) is 5.76. The van der Waals surface area contributed by atoms with E-state index in [0.29, 0.717) is 6.04 Å². The van der Waals surface area contributed by atoms with Gasteiger partial charge >= 0.3 is 0 Å². The second kappa shape index (κ2) is 6.72. The van der Waals surface area contributed by atoms with Crippen LogP contribution in [0.2, 0.25) is 5.02 Å². The number of halogens is 1. The first kappa shape index (κ1) is 13.3. The zero-order valence-corrected chi connectivity index (χ0v) is 10.8. The van der Waals surface area contributed by atoms with Gasteiger partial charge in [-0.05, 0) is 38.3 Å². The lowest BCUT2D eigenvalue weighted by Gasteiger charge is -2.20. The van der Waals surface area contributed by atoms with E-state index in [1.807, 2.05) is 24.3 Å². The molecule has 1 aromatic carbocycles. The first-order valence-corrected chi connectivity index (χ1v) is 6.14. The van der Waals surface area contributed by atoms with Crippen molar-refractivity contribution in [3.8, 4) is 0 Å². The maximum atomic E-state index is 6.15. The van der Waals surface area contributed by atoms with E-state index in [2.05, 4.69) is 31.8 Å². The standard InChI is InChI=1S/C14H20ClN/c1-4-5-8-11(2)16-12(3)13-9-6-7-10-14(13)15/h4,6-7,9-12,16H,1,5,8H2,2-3H3/t11?,12-/m0/s1. The van der Waals surface area contributed by atoms with E-state index < -0.39 is 0 Å². The summed E-state index contributed by atoms with van der Waals surface area (Å²) < 4.78 is 0. The average Bonchev–Trinajstić information content (AvgIpc) is 2.26. The van der Waals surface area contributed by atoms with Crippen LogP contribution in [-0.2, 0) is 0 Å².